The van der Waals surface area contributed by atoms with Gasteiger partial charge in [-0.2, -0.15) is 0 Å². The third kappa shape index (κ3) is 2.35. The number of rotatable bonds is 4. The molecule has 3 nitrogen and oxygen atoms in total. The van der Waals surface area contributed by atoms with Gasteiger partial charge in [-0.1, -0.05) is 0 Å². The van der Waals surface area contributed by atoms with E-state index >= 15 is 0 Å². The highest BCUT2D eigenvalue weighted by Crippen LogP contribution is 1.98. The maximum Gasteiger partial charge on any atom is 0.185 e. The highest BCUT2D eigenvalue weighted by molar-refractivity contribution is 5.77. The number of ether oxygens (including phenoxy) is 2. The Morgan fingerprint density at radius 3 is 3.20 bits per heavy atom. The first-order valence-electron chi connectivity index (χ1n) is 3.67. The van der Waals surface area contributed by atoms with E-state index in [9.17, 15) is 0 Å². The zero-order valence-corrected chi connectivity index (χ0v) is 6.30. The van der Waals surface area contributed by atoms with Gasteiger partial charge in [0.2, 0.25) is 0 Å². The Balaban J connectivity index is 2.01. The first-order valence-corrected chi connectivity index (χ1v) is 3.67. The van der Waals surface area contributed by atoms with Crippen molar-refractivity contribution in [3.8, 4) is 0 Å². The lowest BCUT2D eigenvalue weighted by Gasteiger charge is -2.00. The summed E-state index contributed by atoms with van der Waals surface area (Å²) in [6.45, 7) is 5.06. The van der Waals surface area contributed by atoms with Gasteiger partial charge in [0.15, 0.2) is 5.90 Å². The number of aliphatic imine (C=N–C) groups is 1. The Kier molecular flexibility index (Phi) is 3.22. The fourth-order valence-corrected chi connectivity index (χ4v) is 0.834. The molecule has 0 aromatic carbocycles. The third-order valence-corrected chi connectivity index (χ3v) is 1.31. The summed E-state index contributed by atoms with van der Waals surface area (Å²) in [6, 6.07) is 0. The van der Waals surface area contributed by atoms with E-state index < -0.39 is 0 Å². The van der Waals surface area contributed by atoms with Crippen LogP contribution in [0.5, 0.6) is 0 Å². The summed E-state index contributed by atoms with van der Waals surface area (Å²) in [5.74, 6) is 0.855. The molecule has 0 amide bonds. The predicted octanol–water partition coefficient (Wildman–Crippen LogP) is 0.842. The summed E-state index contributed by atoms with van der Waals surface area (Å²) < 4.78 is 10.3. The maximum absolute atomic E-state index is 5.17. The highest BCUT2D eigenvalue weighted by Gasteiger charge is 2.05. The fraction of sp³-hybridized carbons (Fsp3) is 0.857. The molecule has 0 radical (unpaired) electrons. The molecule has 0 N–H and O–H groups in total. The van der Waals surface area contributed by atoms with Crippen LogP contribution in [0.3, 0.4) is 0 Å². The van der Waals surface area contributed by atoms with Gasteiger partial charge in [-0.05, 0) is 6.92 Å². The normalized spacial score (nSPS) is 16.7. The second-order valence-corrected chi connectivity index (χ2v) is 2.07. The summed E-state index contributed by atoms with van der Waals surface area (Å²) in [4.78, 5) is 4.12. The Morgan fingerprint density at radius 2 is 2.60 bits per heavy atom. The van der Waals surface area contributed by atoms with Crippen molar-refractivity contribution in [2.24, 2.45) is 4.99 Å². The Bertz CT molecular complexity index is 123. The molecule has 1 aliphatic rings. The quantitative estimate of drug-likeness (QED) is 0.546. The van der Waals surface area contributed by atoms with Crippen LogP contribution in [0.25, 0.3) is 0 Å². The van der Waals surface area contributed by atoms with E-state index in [4.69, 9.17) is 9.47 Å². The Labute approximate surface area is 61.0 Å². The average Bonchev–Trinajstić information content (AvgIpc) is 2.41. The molecule has 58 valence electrons. The third-order valence-electron chi connectivity index (χ3n) is 1.31. The number of nitrogens with zero attached hydrogens (tertiary/aromatic N) is 1. The maximum atomic E-state index is 5.17. The van der Waals surface area contributed by atoms with Crippen LogP contribution in [0.4, 0.5) is 0 Å². The molecule has 0 fully saturated rings. The van der Waals surface area contributed by atoms with Crippen molar-refractivity contribution in [1.82, 2.24) is 0 Å². The highest BCUT2D eigenvalue weighted by atomic mass is 16.5. The van der Waals surface area contributed by atoms with Crippen LogP contribution >= 0.6 is 0 Å². The van der Waals surface area contributed by atoms with Gasteiger partial charge < -0.3 is 9.47 Å². The van der Waals surface area contributed by atoms with E-state index in [0.717, 1.165) is 38.7 Å². The molecule has 0 aromatic rings. The molecule has 0 spiro atoms. The molecule has 1 aliphatic heterocycles. The van der Waals surface area contributed by atoms with E-state index in [0.29, 0.717) is 0 Å². The SMILES string of the molecule is CCOCCC1=NCCO1. The smallest absolute Gasteiger partial charge is 0.185 e. The number of hydrogen-bond acceptors (Lipinski definition) is 3. The lowest BCUT2D eigenvalue weighted by atomic mass is 10.4. The summed E-state index contributed by atoms with van der Waals surface area (Å²) in [6.07, 6.45) is 0.827. The first kappa shape index (κ1) is 7.54. The van der Waals surface area contributed by atoms with Crippen LogP contribution in [-0.2, 0) is 9.47 Å². The number of hydrogen-bond donors (Lipinski definition) is 0. The van der Waals surface area contributed by atoms with Crippen molar-refractivity contribution in [1.29, 1.82) is 0 Å². The lowest BCUT2D eigenvalue weighted by Crippen LogP contribution is -2.04. The summed E-state index contributed by atoms with van der Waals surface area (Å²) in [5.41, 5.74) is 0. The van der Waals surface area contributed by atoms with Crippen LogP contribution in [0, 0.1) is 0 Å². The predicted molar refractivity (Wildman–Crippen MR) is 39.4 cm³/mol. The van der Waals surface area contributed by atoms with Crippen LogP contribution in [0.2, 0.25) is 0 Å². The van der Waals surface area contributed by atoms with E-state index in [-0.39, 0.29) is 0 Å². The lowest BCUT2D eigenvalue weighted by molar-refractivity contribution is 0.150. The molecular weight excluding hydrogens is 130 g/mol. The van der Waals surface area contributed by atoms with Gasteiger partial charge in [-0.25, -0.2) is 0 Å². The largest absolute Gasteiger partial charge is 0.479 e. The standard InChI is InChI=1S/C7H13NO2/c1-2-9-5-3-7-8-4-6-10-7/h2-6H2,1H3. The van der Waals surface area contributed by atoms with E-state index in [1.807, 2.05) is 6.92 Å². The molecule has 0 aliphatic carbocycles. The molecule has 1 rings (SSSR count). The first-order chi connectivity index (χ1) is 4.93. The van der Waals surface area contributed by atoms with Gasteiger partial charge in [0.1, 0.15) is 6.61 Å². The van der Waals surface area contributed by atoms with Crippen molar-refractivity contribution in [3.05, 3.63) is 0 Å². The van der Waals surface area contributed by atoms with Gasteiger partial charge in [0.05, 0.1) is 13.2 Å². The van der Waals surface area contributed by atoms with Crippen LogP contribution in [0.1, 0.15) is 13.3 Å². The van der Waals surface area contributed by atoms with Crippen molar-refractivity contribution in [2.75, 3.05) is 26.4 Å². The molecular formula is C7H13NO2. The zero-order chi connectivity index (χ0) is 7.23. The molecule has 0 saturated heterocycles. The minimum Gasteiger partial charge on any atom is -0.479 e. The molecule has 0 bridgehead atoms. The zero-order valence-electron chi connectivity index (χ0n) is 6.30. The monoisotopic (exact) mass is 143 g/mol. The van der Waals surface area contributed by atoms with Gasteiger partial charge in [0, 0.05) is 13.0 Å². The van der Waals surface area contributed by atoms with Gasteiger partial charge in [-0.3, -0.25) is 4.99 Å². The van der Waals surface area contributed by atoms with E-state index in [1.165, 1.54) is 0 Å². The minimum absolute atomic E-state index is 0.731. The Morgan fingerprint density at radius 1 is 1.70 bits per heavy atom. The van der Waals surface area contributed by atoms with E-state index in [1.54, 1.807) is 0 Å². The Hall–Kier alpha value is -0.570. The van der Waals surface area contributed by atoms with Gasteiger partial charge >= 0.3 is 0 Å². The topological polar surface area (TPSA) is 30.8 Å². The van der Waals surface area contributed by atoms with Crippen molar-refractivity contribution in [2.45, 2.75) is 13.3 Å². The van der Waals surface area contributed by atoms with Crippen molar-refractivity contribution < 1.29 is 9.47 Å². The second-order valence-electron chi connectivity index (χ2n) is 2.07. The van der Waals surface area contributed by atoms with Gasteiger partial charge in [-0.15, -0.1) is 0 Å². The molecule has 1 heterocycles. The van der Waals surface area contributed by atoms with E-state index in [2.05, 4.69) is 4.99 Å². The second kappa shape index (κ2) is 4.28. The molecule has 0 aromatic heterocycles. The molecule has 0 saturated carbocycles. The summed E-state index contributed by atoms with van der Waals surface area (Å²) in [7, 11) is 0. The minimum atomic E-state index is 0.731. The van der Waals surface area contributed by atoms with Crippen LogP contribution in [-0.4, -0.2) is 32.3 Å². The molecule has 0 unspecified atom stereocenters. The van der Waals surface area contributed by atoms with Gasteiger partial charge in [0.25, 0.3) is 0 Å². The van der Waals surface area contributed by atoms with Crippen LogP contribution in [0.15, 0.2) is 4.99 Å². The van der Waals surface area contributed by atoms with Crippen molar-refractivity contribution >= 4 is 5.90 Å². The molecule has 10 heavy (non-hydrogen) atoms. The van der Waals surface area contributed by atoms with Crippen molar-refractivity contribution in [3.63, 3.8) is 0 Å². The fourth-order valence-electron chi connectivity index (χ4n) is 0.834. The average molecular weight is 143 g/mol. The summed E-state index contributed by atoms with van der Waals surface area (Å²) in [5, 5.41) is 0. The molecule has 3 heteroatoms. The summed E-state index contributed by atoms with van der Waals surface area (Å²) >= 11 is 0. The molecule has 0 atom stereocenters. The van der Waals surface area contributed by atoms with Crippen LogP contribution < -0.4 is 0 Å².